The number of nitrogens with zero attached hydrogens (tertiary/aromatic N) is 1. The number of hydrogen-bond donors (Lipinski definition) is 1. The van der Waals surface area contributed by atoms with Gasteiger partial charge in [-0.05, 0) is 26.0 Å². The Morgan fingerprint density at radius 1 is 1.48 bits per heavy atom. The Balaban J connectivity index is 1.90. The molecule has 0 radical (unpaired) electrons. The highest BCUT2D eigenvalue weighted by Gasteiger charge is 2.27. The number of carbonyl (C=O) groups is 1. The molecular formula is C14H13ClN2O4S2. The molecule has 6 nitrogen and oxygen atoms in total. The fourth-order valence-electron chi connectivity index (χ4n) is 2.31. The van der Waals surface area contributed by atoms with Gasteiger partial charge in [-0.25, -0.2) is 18.1 Å². The van der Waals surface area contributed by atoms with Crippen LogP contribution in [0.4, 0.5) is 0 Å². The molecule has 0 spiro atoms. The van der Waals surface area contributed by atoms with E-state index in [2.05, 4.69) is 4.98 Å². The van der Waals surface area contributed by atoms with Crippen LogP contribution in [0, 0.1) is 6.92 Å². The minimum Gasteiger partial charge on any atom is -0.489 e. The number of benzene rings is 1. The van der Waals surface area contributed by atoms with Gasteiger partial charge in [-0.2, -0.15) is 0 Å². The van der Waals surface area contributed by atoms with Crippen LogP contribution in [-0.2, 0) is 16.4 Å². The van der Waals surface area contributed by atoms with Crippen LogP contribution in [0.5, 0.6) is 5.75 Å². The first-order valence-electron chi connectivity index (χ1n) is 6.75. The third kappa shape index (κ3) is 3.19. The number of halogens is 1. The van der Waals surface area contributed by atoms with Gasteiger partial charge >= 0.3 is 0 Å². The van der Waals surface area contributed by atoms with Crippen molar-refractivity contribution in [2.24, 2.45) is 0 Å². The summed E-state index contributed by atoms with van der Waals surface area (Å²) in [5.74, 6) is -0.209. The molecule has 0 bridgehead atoms. The normalized spacial score (nSPS) is 16.7. The van der Waals surface area contributed by atoms with Crippen molar-refractivity contribution >= 4 is 38.9 Å². The Morgan fingerprint density at radius 2 is 2.22 bits per heavy atom. The van der Waals surface area contributed by atoms with E-state index in [1.807, 2.05) is 11.6 Å². The Morgan fingerprint density at radius 3 is 2.87 bits per heavy atom. The van der Waals surface area contributed by atoms with Crippen LogP contribution >= 0.6 is 22.9 Å². The van der Waals surface area contributed by atoms with Gasteiger partial charge in [0, 0.05) is 12.0 Å². The molecule has 0 aliphatic carbocycles. The van der Waals surface area contributed by atoms with Gasteiger partial charge in [0.15, 0.2) is 0 Å². The lowest BCUT2D eigenvalue weighted by atomic mass is 10.1. The predicted octanol–water partition coefficient (Wildman–Crippen LogP) is 2.55. The summed E-state index contributed by atoms with van der Waals surface area (Å²) in [7, 11) is -4.02. The van der Waals surface area contributed by atoms with Crippen LogP contribution in [0.3, 0.4) is 0 Å². The molecule has 1 aliphatic rings. The van der Waals surface area contributed by atoms with Crippen molar-refractivity contribution in [3.63, 3.8) is 0 Å². The minimum absolute atomic E-state index is 0.0600. The van der Waals surface area contributed by atoms with Crippen molar-refractivity contribution in [2.45, 2.75) is 31.3 Å². The van der Waals surface area contributed by atoms with Crippen molar-refractivity contribution < 1.29 is 17.9 Å². The second-order valence-electron chi connectivity index (χ2n) is 5.20. The molecule has 0 fully saturated rings. The summed E-state index contributed by atoms with van der Waals surface area (Å²) in [6.07, 6.45) is 1.85. The number of ether oxygens (including phenoxy) is 1. The van der Waals surface area contributed by atoms with Crippen LogP contribution in [0.2, 0.25) is 5.02 Å². The van der Waals surface area contributed by atoms with Gasteiger partial charge in [0.25, 0.3) is 15.9 Å². The monoisotopic (exact) mass is 372 g/mol. The van der Waals surface area contributed by atoms with Gasteiger partial charge in [-0.1, -0.05) is 11.6 Å². The fourth-order valence-corrected chi connectivity index (χ4v) is 4.44. The van der Waals surface area contributed by atoms with Gasteiger partial charge in [-0.15, -0.1) is 11.3 Å². The standard InChI is InChI=1S/C14H13ClN2O4S2/c1-7-3-9-4-10(5-11(15)13(9)21-7)23(19,20)17-14(18)12-6-16-8(2)22-12/h4-7H,3H2,1-2H3,(H,17,18)/t7-/m0/s1. The molecule has 9 heteroatoms. The Labute approximate surface area is 142 Å². The molecule has 0 unspecified atom stereocenters. The maximum absolute atomic E-state index is 12.4. The van der Waals surface area contributed by atoms with E-state index in [4.69, 9.17) is 16.3 Å². The lowest BCUT2D eigenvalue weighted by Crippen LogP contribution is -2.30. The zero-order valence-corrected chi connectivity index (χ0v) is 14.7. The van der Waals surface area contributed by atoms with E-state index in [0.29, 0.717) is 22.7 Å². The van der Waals surface area contributed by atoms with E-state index in [9.17, 15) is 13.2 Å². The molecule has 3 rings (SSSR count). The Hall–Kier alpha value is -1.64. The Kier molecular flexibility index (Phi) is 4.07. The summed E-state index contributed by atoms with van der Waals surface area (Å²) in [5.41, 5.74) is 0.714. The topological polar surface area (TPSA) is 85.4 Å². The van der Waals surface area contributed by atoms with Crippen molar-refractivity contribution in [1.29, 1.82) is 0 Å². The van der Waals surface area contributed by atoms with Gasteiger partial charge in [-0.3, -0.25) is 4.79 Å². The largest absolute Gasteiger partial charge is 0.489 e. The predicted molar refractivity (Wildman–Crippen MR) is 86.7 cm³/mol. The molecule has 1 aromatic heterocycles. The van der Waals surface area contributed by atoms with E-state index in [1.54, 1.807) is 6.92 Å². The van der Waals surface area contributed by atoms with Gasteiger partial charge in [0.2, 0.25) is 0 Å². The molecule has 1 N–H and O–H groups in total. The second-order valence-corrected chi connectivity index (χ2v) is 8.53. The van der Waals surface area contributed by atoms with Crippen molar-refractivity contribution in [3.05, 3.63) is 38.8 Å². The number of aryl methyl sites for hydroxylation is 1. The van der Waals surface area contributed by atoms with Gasteiger partial charge < -0.3 is 4.74 Å². The van der Waals surface area contributed by atoms with E-state index in [-0.39, 0.29) is 20.9 Å². The third-order valence-electron chi connectivity index (χ3n) is 3.30. The molecule has 0 saturated heterocycles. The minimum atomic E-state index is -4.02. The number of aromatic nitrogens is 1. The molecule has 1 aromatic carbocycles. The number of rotatable bonds is 3. The molecule has 122 valence electrons. The maximum Gasteiger partial charge on any atom is 0.276 e. The summed E-state index contributed by atoms with van der Waals surface area (Å²) < 4.78 is 32.4. The first kappa shape index (κ1) is 16.2. The highest BCUT2D eigenvalue weighted by molar-refractivity contribution is 7.90. The summed E-state index contributed by atoms with van der Waals surface area (Å²) in [4.78, 5) is 16.1. The number of thiazole rings is 1. The number of fused-ring (bicyclic) bond motifs is 1. The molecule has 0 saturated carbocycles. The van der Waals surface area contributed by atoms with E-state index in [1.165, 1.54) is 18.3 Å². The van der Waals surface area contributed by atoms with Crippen LogP contribution < -0.4 is 9.46 Å². The summed E-state index contributed by atoms with van der Waals surface area (Å²) in [5, 5.41) is 0.896. The Bertz CT molecular complexity index is 892. The summed E-state index contributed by atoms with van der Waals surface area (Å²) >= 11 is 7.21. The highest BCUT2D eigenvalue weighted by atomic mass is 35.5. The number of amides is 1. The molecule has 2 aromatic rings. The average Bonchev–Trinajstić information content (AvgIpc) is 3.03. The lowest BCUT2D eigenvalue weighted by molar-refractivity contribution is 0.0985. The average molecular weight is 373 g/mol. The SMILES string of the molecule is Cc1ncc(C(=O)NS(=O)(=O)c2cc(Cl)c3c(c2)C[C@H](C)O3)s1. The van der Waals surface area contributed by atoms with Crippen molar-refractivity contribution in [2.75, 3.05) is 0 Å². The molecular weight excluding hydrogens is 360 g/mol. The van der Waals surface area contributed by atoms with Crippen molar-refractivity contribution in [3.8, 4) is 5.75 Å². The second kappa shape index (κ2) is 5.77. The summed E-state index contributed by atoms with van der Waals surface area (Å²) in [6.45, 7) is 3.61. The summed E-state index contributed by atoms with van der Waals surface area (Å²) in [6, 6.07) is 2.77. The van der Waals surface area contributed by atoms with Crippen LogP contribution in [0.1, 0.15) is 27.2 Å². The van der Waals surface area contributed by atoms with Crippen LogP contribution in [0.25, 0.3) is 0 Å². The maximum atomic E-state index is 12.4. The molecule has 2 heterocycles. The lowest BCUT2D eigenvalue weighted by Gasteiger charge is -2.09. The van der Waals surface area contributed by atoms with Crippen LogP contribution in [-0.4, -0.2) is 25.4 Å². The first-order valence-corrected chi connectivity index (χ1v) is 9.42. The van der Waals surface area contributed by atoms with E-state index in [0.717, 1.165) is 11.3 Å². The quantitative estimate of drug-likeness (QED) is 0.894. The number of carbonyl (C=O) groups excluding carboxylic acids is 1. The molecule has 1 atom stereocenters. The molecule has 1 aliphatic heterocycles. The van der Waals surface area contributed by atoms with E-state index >= 15 is 0 Å². The molecule has 23 heavy (non-hydrogen) atoms. The van der Waals surface area contributed by atoms with Crippen LogP contribution in [0.15, 0.2) is 23.2 Å². The zero-order chi connectivity index (χ0) is 16.8. The first-order chi connectivity index (χ1) is 10.8. The third-order valence-corrected chi connectivity index (χ3v) is 5.81. The number of nitrogens with one attached hydrogen (secondary N) is 1. The van der Waals surface area contributed by atoms with Crippen molar-refractivity contribution in [1.82, 2.24) is 9.71 Å². The molecule has 1 amide bonds. The van der Waals surface area contributed by atoms with E-state index < -0.39 is 15.9 Å². The number of hydrogen-bond acceptors (Lipinski definition) is 6. The highest BCUT2D eigenvalue weighted by Crippen LogP contribution is 2.37. The number of sulfonamides is 1. The zero-order valence-electron chi connectivity index (χ0n) is 12.3. The van der Waals surface area contributed by atoms with Gasteiger partial charge in [0.05, 0.1) is 21.1 Å². The smallest absolute Gasteiger partial charge is 0.276 e. The fraction of sp³-hybridized carbons (Fsp3) is 0.286. The van der Waals surface area contributed by atoms with Gasteiger partial charge in [0.1, 0.15) is 16.7 Å².